The first-order valence-corrected chi connectivity index (χ1v) is 7.35. The SMILES string of the molecule is Nc1ccc(N=Nc2ccccc2)c(N)c1N=Nc1ccccc1. The number of nitrogen functional groups attached to an aromatic ring is 2. The molecule has 0 saturated heterocycles. The van der Waals surface area contributed by atoms with Crippen LogP contribution in [0.1, 0.15) is 0 Å². The van der Waals surface area contributed by atoms with Crippen molar-refractivity contribution in [2.45, 2.75) is 0 Å². The molecule has 3 aromatic rings. The van der Waals surface area contributed by atoms with Crippen LogP contribution in [0.4, 0.5) is 34.1 Å². The lowest BCUT2D eigenvalue weighted by atomic mass is 10.2. The minimum absolute atomic E-state index is 0.342. The van der Waals surface area contributed by atoms with Gasteiger partial charge < -0.3 is 11.5 Å². The molecule has 0 spiro atoms. The standard InChI is InChI=1S/C18H16N6/c19-15-11-12-16(23-21-13-7-3-1-4-8-13)17(20)18(15)24-22-14-9-5-2-6-10-14/h1-12H,19-20H2. The number of hydrogen-bond donors (Lipinski definition) is 2. The van der Waals surface area contributed by atoms with Crippen molar-refractivity contribution in [1.82, 2.24) is 0 Å². The number of hydrogen-bond acceptors (Lipinski definition) is 6. The molecule has 6 heteroatoms. The molecule has 0 bridgehead atoms. The van der Waals surface area contributed by atoms with Gasteiger partial charge in [0.05, 0.1) is 22.7 Å². The maximum atomic E-state index is 6.12. The van der Waals surface area contributed by atoms with E-state index in [0.29, 0.717) is 28.4 Å². The highest BCUT2D eigenvalue weighted by Crippen LogP contribution is 2.38. The Balaban J connectivity index is 1.90. The fourth-order valence-electron chi connectivity index (χ4n) is 2.02. The first-order valence-electron chi connectivity index (χ1n) is 7.35. The summed E-state index contributed by atoms with van der Waals surface area (Å²) in [4.78, 5) is 0. The van der Waals surface area contributed by atoms with E-state index >= 15 is 0 Å². The molecule has 0 aliphatic rings. The molecule has 118 valence electrons. The van der Waals surface area contributed by atoms with Gasteiger partial charge in [-0.2, -0.15) is 10.2 Å². The van der Waals surface area contributed by atoms with Crippen LogP contribution in [-0.2, 0) is 0 Å². The third-order valence-electron chi connectivity index (χ3n) is 3.28. The van der Waals surface area contributed by atoms with Crippen LogP contribution in [0.5, 0.6) is 0 Å². The second kappa shape index (κ2) is 7.15. The van der Waals surface area contributed by atoms with E-state index in [1.165, 1.54) is 0 Å². The fraction of sp³-hybridized carbons (Fsp3) is 0. The molecule has 0 aromatic heterocycles. The van der Waals surface area contributed by atoms with Crippen LogP contribution in [0.25, 0.3) is 0 Å². The summed E-state index contributed by atoms with van der Waals surface area (Å²) in [5, 5.41) is 16.6. The minimum Gasteiger partial charge on any atom is -0.397 e. The Morgan fingerprint density at radius 1 is 0.542 bits per heavy atom. The van der Waals surface area contributed by atoms with Crippen LogP contribution in [0.2, 0.25) is 0 Å². The number of nitrogens with zero attached hydrogens (tertiary/aromatic N) is 4. The van der Waals surface area contributed by atoms with Crippen molar-refractivity contribution in [3.8, 4) is 0 Å². The molecule has 0 fully saturated rings. The second-order valence-corrected chi connectivity index (χ2v) is 5.01. The molecule has 0 saturated carbocycles. The van der Waals surface area contributed by atoms with Gasteiger partial charge in [0.1, 0.15) is 11.4 Å². The first-order chi connectivity index (χ1) is 11.7. The maximum Gasteiger partial charge on any atom is 0.134 e. The number of benzene rings is 3. The van der Waals surface area contributed by atoms with Gasteiger partial charge in [0.2, 0.25) is 0 Å². The Hall–Kier alpha value is -3.54. The normalized spacial score (nSPS) is 11.3. The summed E-state index contributed by atoms with van der Waals surface area (Å²) in [5.74, 6) is 0. The molecular formula is C18H16N6. The minimum atomic E-state index is 0.342. The van der Waals surface area contributed by atoms with Crippen LogP contribution < -0.4 is 11.5 Å². The van der Waals surface area contributed by atoms with Gasteiger partial charge in [-0.15, -0.1) is 10.2 Å². The van der Waals surface area contributed by atoms with Crippen LogP contribution in [0.15, 0.2) is 93.3 Å². The van der Waals surface area contributed by atoms with E-state index in [9.17, 15) is 0 Å². The average Bonchev–Trinajstić information content (AvgIpc) is 2.63. The zero-order chi connectivity index (χ0) is 16.8. The van der Waals surface area contributed by atoms with E-state index in [1.807, 2.05) is 60.7 Å². The van der Waals surface area contributed by atoms with Crippen LogP contribution >= 0.6 is 0 Å². The van der Waals surface area contributed by atoms with Gasteiger partial charge in [0, 0.05) is 0 Å². The predicted molar refractivity (Wildman–Crippen MR) is 96.5 cm³/mol. The van der Waals surface area contributed by atoms with Crippen molar-refractivity contribution < 1.29 is 0 Å². The number of anilines is 2. The highest BCUT2D eigenvalue weighted by Gasteiger charge is 2.08. The maximum absolute atomic E-state index is 6.12. The van der Waals surface area contributed by atoms with Gasteiger partial charge in [-0.25, -0.2) is 0 Å². The number of nitrogens with two attached hydrogens (primary N) is 2. The van der Waals surface area contributed by atoms with Crippen molar-refractivity contribution >= 4 is 34.1 Å². The largest absolute Gasteiger partial charge is 0.397 e. The van der Waals surface area contributed by atoms with Gasteiger partial charge in [0.15, 0.2) is 0 Å². The molecule has 3 aromatic carbocycles. The van der Waals surface area contributed by atoms with E-state index in [-0.39, 0.29) is 0 Å². The van der Waals surface area contributed by atoms with Gasteiger partial charge in [-0.1, -0.05) is 36.4 Å². The number of azo groups is 2. The topological polar surface area (TPSA) is 101 Å². The van der Waals surface area contributed by atoms with Gasteiger partial charge >= 0.3 is 0 Å². The predicted octanol–water partition coefficient (Wildman–Crippen LogP) is 5.68. The summed E-state index contributed by atoms with van der Waals surface area (Å²) < 4.78 is 0. The molecule has 0 atom stereocenters. The van der Waals surface area contributed by atoms with E-state index < -0.39 is 0 Å². The Morgan fingerprint density at radius 3 is 1.67 bits per heavy atom. The molecule has 0 unspecified atom stereocenters. The van der Waals surface area contributed by atoms with Crippen molar-refractivity contribution in [2.75, 3.05) is 11.5 Å². The van der Waals surface area contributed by atoms with E-state index in [2.05, 4.69) is 20.5 Å². The lowest BCUT2D eigenvalue weighted by Crippen LogP contribution is -1.92. The van der Waals surface area contributed by atoms with Gasteiger partial charge in [0.25, 0.3) is 0 Å². The summed E-state index contributed by atoms with van der Waals surface area (Å²) in [7, 11) is 0. The highest BCUT2D eigenvalue weighted by molar-refractivity contribution is 5.84. The zero-order valence-electron chi connectivity index (χ0n) is 12.9. The molecule has 0 amide bonds. The molecular weight excluding hydrogens is 300 g/mol. The Kier molecular flexibility index (Phi) is 4.57. The quantitative estimate of drug-likeness (QED) is 0.477. The molecule has 0 aliphatic heterocycles. The molecule has 0 aliphatic carbocycles. The smallest absolute Gasteiger partial charge is 0.134 e. The molecule has 24 heavy (non-hydrogen) atoms. The van der Waals surface area contributed by atoms with Gasteiger partial charge in [-0.05, 0) is 36.4 Å². The Labute approximate surface area is 139 Å². The monoisotopic (exact) mass is 316 g/mol. The third kappa shape index (κ3) is 3.61. The van der Waals surface area contributed by atoms with Crippen molar-refractivity contribution in [3.63, 3.8) is 0 Å². The molecule has 3 rings (SSSR count). The van der Waals surface area contributed by atoms with Crippen molar-refractivity contribution in [2.24, 2.45) is 20.5 Å². The number of rotatable bonds is 4. The zero-order valence-corrected chi connectivity index (χ0v) is 12.9. The van der Waals surface area contributed by atoms with E-state index in [4.69, 9.17) is 11.5 Å². The third-order valence-corrected chi connectivity index (χ3v) is 3.28. The Bertz CT molecular complexity index is 873. The summed E-state index contributed by atoms with van der Waals surface area (Å²) in [6.45, 7) is 0. The van der Waals surface area contributed by atoms with E-state index in [1.54, 1.807) is 12.1 Å². The van der Waals surface area contributed by atoms with Crippen molar-refractivity contribution in [3.05, 3.63) is 72.8 Å². The molecule has 0 heterocycles. The van der Waals surface area contributed by atoms with Crippen LogP contribution in [0, 0.1) is 0 Å². The fourth-order valence-corrected chi connectivity index (χ4v) is 2.02. The summed E-state index contributed by atoms with van der Waals surface area (Å²) in [6, 6.07) is 22.2. The average molecular weight is 316 g/mol. The van der Waals surface area contributed by atoms with Crippen molar-refractivity contribution in [1.29, 1.82) is 0 Å². The Morgan fingerprint density at radius 2 is 1.08 bits per heavy atom. The first kappa shape index (κ1) is 15.4. The summed E-state index contributed by atoms with van der Waals surface area (Å²) >= 11 is 0. The van der Waals surface area contributed by atoms with E-state index in [0.717, 1.165) is 5.69 Å². The second-order valence-electron chi connectivity index (χ2n) is 5.01. The molecule has 6 nitrogen and oxygen atoms in total. The lowest BCUT2D eigenvalue weighted by Gasteiger charge is -2.05. The highest BCUT2D eigenvalue weighted by atomic mass is 15.1. The summed E-state index contributed by atoms with van der Waals surface area (Å²) in [5.41, 5.74) is 15.2. The molecule has 4 N–H and O–H groups in total. The van der Waals surface area contributed by atoms with Gasteiger partial charge in [-0.3, -0.25) is 0 Å². The lowest BCUT2D eigenvalue weighted by molar-refractivity contribution is 1.21. The summed E-state index contributed by atoms with van der Waals surface area (Å²) in [6.07, 6.45) is 0. The van der Waals surface area contributed by atoms with Crippen LogP contribution in [0.3, 0.4) is 0 Å². The molecule has 0 radical (unpaired) electrons. The van der Waals surface area contributed by atoms with Crippen LogP contribution in [-0.4, -0.2) is 0 Å².